The van der Waals surface area contributed by atoms with Gasteiger partial charge in [0.2, 0.25) is 0 Å². The highest BCUT2D eigenvalue weighted by Crippen LogP contribution is 2.20. The molecule has 7 nitrogen and oxygen atoms in total. The van der Waals surface area contributed by atoms with Gasteiger partial charge in [-0.2, -0.15) is 5.10 Å². The number of ether oxygens (including phenoxy) is 1. The van der Waals surface area contributed by atoms with Crippen LogP contribution >= 0.6 is 11.3 Å². The Hall–Kier alpha value is -2.71. The predicted molar refractivity (Wildman–Crippen MR) is 113 cm³/mol. The summed E-state index contributed by atoms with van der Waals surface area (Å²) in [5, 5.41) is 11.0. The summed E-state index contributed by atoms with van der Waals surface area (Å²) >= 11 is 1.62. The van der Waals surface area contributed by atoms with Crippen molar-refractivity contribution in [2.24, 2.45) is 4.99 Å². The number of benzene rings is 1. The Morgan fingerprint density at radius 3 is 2.79 bits per heavy atom. The molecule has 28 heavy (non-hydrogen) atoms. The number of nitrogens with one attached hydrogen (secondary N) is 1. The summed E-state index contributed by atoms with van der Waals surface area (Å²) in [6, 6.07) is 12.1. The van der Waals surface area contributed by atoms with Crippen molar-refractivity contribution in [3.63, 3.8) is 0 Å². The first-order valence-corrected chi connectivity index (χ1v) is 9.97. The molecule has 8 heteroatoms. The first kappa shape index (κ1) is 20.0. The van der Waals surface area contributed by atoms with Crippen molar-refractivity contribution < 1.29 is 4.74 Å². The molecule has 0 saturated heterocycles. The Bertz CT molecular complexity index is 904. The third-order valence-corrected chi connectivity index (χ3v) is 5.39. The van der Waals surface area contributed by atoms with Crippen LogP contribution in [0.2, 0.25) is 0 Å². The van der Waals surface area contributed by atoms with E-state index in [-0.39, 0.29) is 6.10 Å². The number of aromatic nitrogens is 3. The highest BCUT2D eigenvalue weighted by atomic mass is 32.1. The van der Waals surface area contributed by atoms with Crippen LogP contribution in [0.15, 0.2) is 53.0 Å². The molecule has 0 bridgehead atoms. The maximum Gasteiger partial charge on any atom is 0.194 e. The van der Waals surface area contributed by atoms with Gasteiger partial charge >= 0.3 is 0 Å². The van der Waals surface area contributed by atoms with Crippen molar-refractivity contribution in [2.45, 2.75) is 26.1 Å². The number of nitrogens with zero attached hydrogens (tertiary/aromatic N) is 5. The molecular formula is C20H26N6OS. The van der Waals surface area contributed by atoms with E-state index >= 15 is 0 Å². The van der Waals surface area contributed by atoms with E-state index in [2.05, 4.69) is 25.8 Å². The van der Waals surface area contributed by atoms with Crippen molar-refractivity contribution in [3.05, 3.63) is 64.4 Å². The summed E-state index contributed by atoms with van der Waals surface area (Å²) in [4.78, 5) is 11.1. The fourth-order valence-corrected chi connectivity index (χ4v) is 3.58. The highest BCUT2D eigenvalue weighted by molar-refractivity contribution is 7.09. The molecule has 0 saturated carbocycles. The number of aliphatic imine (C=N–C) groups is 1. The number of hydrogen-bond acceptors (Lipinski definition) is 5. The van der Waals surface area contributed by atoms with Gasteiger partial charge in [0.25, 0.3) is 0 Å². The number of hydrogen-bond donors (Lipinski definition) is 1. The number of methoxy groups -OCH3 is 1. The van der Waals surface area contributed by atoms with Crippen LogP contribution in [0.5, 0.6) is 0 Å². The molecule has 0 fully saturated rings. The van der Waals surface area contributed by atoms with E-state index in [1.54, 1.807) is 25.5 Å². The fraction of sp³-hybridized carbons (Fsp3) is 0.350. The fourth-order valence-electron chi connectivity index (χ4n) is 2.74. The summed E-state index contributed by atoms with van der Waals surface area (Å²) in [5.41, 5.74) is 2.99. The number of rotatable bonds is 7. The number of thiazole rings is 1. The molecule has 1 atom stereocenters. The van der Waals surface area contributed by atoms with Crippen molar-refractivity contribution in [2.75, 3.05) is 21.2 Å². The molecule has 148 valence electrons. The Kier molecular flexibility index (Phi) is 6.78. The Morgan fingerprint density at radius 1 is 1.29 bits per heavy atom. The van der Waals surface area contributed by atoms with Crippen LogP contribution < -0.4 is 5.32 Å². The predicted octanol–water partition coefficient (Wildman–Crippen LogP) is 3.24. The summed E-state index contributed by atoms with van der Waals surface area (Å²) in [7, 11) is 5.47. The Labute approximate surface area is 169 Å². The van der Waals surface area contributed by atoms with E-state index in [4.69, 9.17) is 4.74 Å². The van der Waals surface area contributed by atoms with Gasteiger partial charge in [0.15, 0.2) is 5.96 Å². The maximum atomic E-state index is 5.33. The van der Waals surface area contributed by atoms with Gasteiger partial charge in [0, 0.05) is 32.8 Å². The number of para-hydroxylation sites is 1. The smallest absolute Gasteiger partial charge is 0.194 e. The zero-order valence-corrected chi connectivity index (χ0v) is 17.5. The van der Waals surface area contributed by atoms with Gasteiger partial charge in [-0.1, -0.05) is 18.2 Å². The van der Waals surface area contributed by atoms with Gasteiger partial charge in [-0.3, -0.25) is 4.99 Å². The minimum absolute atomic E-state index is 0.0150. The van der Waals surface area contributed by atoms with Gasteiger partial charge in [-0.25, -0.2) is 9.67 Å². The average Bonchev–Trinajstić information content (AvgIpc) is 3.38. The van der Waals surface area contributed by atoms with Crippen LogP contribution in [-0.4, -0.2) is 46.8 Å². The summed E-state index contributed by atoms with van der Waals surface area (Å²) in [6.07, 6.45) is 1.98. The van der Waals surface area contributed by atoms with Gasteiger partial charge in [-0.05, 0) is 25.1 Å². The normalized spacial score (nSPS) is 12.8. The minimum Gasteiger partial charge on any atom is -0.375 e. The van der Waals surface area contributed by atoms with Crippen LogP contribution in [0, 0.1) is 0 Å². The summed E-state index contributed by atoms with van der Waals surface area (Å²) < 4.78 is 7.21. The lowest BCUT2D eigenvalue weighted by molar-refractivity contribution is 0.119. The van der Waals surface area contributed by atoms with Crippen LogP contribution in [0.25, 0.3) is 5.69 Å². The quantitative estimate of drug-likeness (QED) is 0.489. The van der Waals surface area contributed by atoms with Crippen molar-refractivity contribution in [1.29, 1.82) is 0 Å². The second-order valence-corrected chi connectivity index (χ2v) is 7.29. The molecule has 1 unspecified atom stereocenters. The molecule has 0 aliphatic carbocycles. The van der Waals surface area contributed by atoms with E-state index < -0.39 is 0 Å². The third-order valence-electron chi connectivity index (χ3n) is 4.34. The Balaban J connectivity index is 1.57. The van der Waals surface area contributed by atoms with E-state index in [0.717, 1.165) is 28.0 Å². The third kappa shape index (κ3) is 4.96. The standard InChI is InChI=1S/C20H26N6OS/c1-15(27-4)19-23-17(14-28-19)13-25(3)20(21-2)22-12-16-10-11-26(24-16)18-8-6-5-7-9-18/h5-11,14-15H,12-13H2,1-4H3,(H,21,22). The molecule has 1 N–H and O–H groups in total. The van der Waals surface area contributed by atoms with Crippen molar-refractivity contribution in [3.8, 4) is 5.69 Å². The van der Waals surface area contributed by atoms with Crippen LogP contribution in [0.4, 0.5) is 0 Å². The van der Waals surface area contributed by atoms with Gasteiger partial charge in [0.05, 0.1) is 30.2 Å². The molecule has 0 aliphatic heterocycles. The molecule has 2 aromatic heterocycles. The zero-order valence-electron chi connectivity index (χ0n) is 16.7. The molecule has 3 aromatic rings. The molecule has 0 amide bonds. The summed E-state index contributed by atoms with van der Waals surface area (Å²) in [6.45, 7) is 3.27. The number of guanidine groups is 1. The molecular weight excluding hydrogens is 372 g/mol. The lowest BCUT2D eigenvalue weighted by atomic mass is 10.3. The largest absolute Gasteiger partial charge is 0.375 e. The molecule has 1 aromatic carbocycles. The highest BCUT2D eigenvalue weighted by Gasteiger charge is 2.13. The zero-order chi connectivity index (χ0) is 19.9. The van der Waals surface area contributed by atoms with E-state index in [1.807, 2.05) is 66.1 Å². The summed E-state index contributed by atoms with van der Waals surface area (Å²) in [5.74, 6) is 0.795. The SMILES string of the molecule is CN=C(NCc1ccn(-c2ccccc2)n1)N(C)Cc1csc(C(C)OC)n1. The lowest BCUT2D eigenvalue weighted by Gasteiger charge is -2.20. The minimum atomic E-state index is 0.0150. The second kappa shape index (κ2) is 9.48. The second-order valence-electron chi connectivity index (χ2n) is 6.40. The van der Waals surface area contributed by atoms with Crippen molar-refractivity contribution in [1.82, 2.24) is 25.0 Å². The molecule has 0 radical (unpaired) electrons. The monoisotopic (exact) mass is 398 g/mol. The van der Waals surface area contributed by atoms with Crippen LogP contribution in [-0.2, 0) is 17.8 Å². The van der Waals surface area contributed by atoms with Gasteiger partial charge in [-0.15, -0.1) is 11.3 Å². The van der Waals surface area contributed by atoms with E-state index in [0.29, 0.717) is 13.1 Å². The molecule has 2 heterocycles. The van der Waals surface area contributed by atoms with Gasteiger partial charge < -0.3 is 15.0 Å². The first-order valence-electron chi connectivity index (χ1n) is 9.09. The van der Waals surface area contributed by atoms with E-state index in [9.17, 15) is 0 Å². The first-order chi connectivity index (χ1) is 13.6. The topological polar surface area (TPSA) is 67.6 Å². The van der Waals surface area contributed by atoms with E-state index in [1.165, 1.54) is 0 Å². The van der Waals surface area contributed by atoms with Crippen LogP contribution in [0.1, 0.15) is 29.4 Å². The molecule has 0 aliphatic rings. The lowest BCUT2D eigenvalue weighted by Crippen LogP contribution is -2.38. The van der Waals surface area contributed by atoms with Crippen molar-refractivity contribution >= 4 is 17.3 Å². The average molecular weight is 399 g/mol. The molecule has 3 rings (SSSR count). The maximum absolute atomic E-state index is 5.33. The van der Waals surface area contributed by atoms with Gasteiger partial charge in [0.1, 0.15) is 11.1 Å². The Morgan fingerprint density at radius 2 is 2.07 bits per heavy atom. The van der Waals surface area contributed by atoms with Crippen LogP contribution in [0.3, 0.4) is 0 Å². The molecule has 0 spiro atoms.